The quantitative estimate of drug-likeness (QED) is 0.862. The van der Waals surface area contributed by atoms with Crippen LogP contribution in [0.25, 0.3) is 0 Å². The Bertz CT molecular complexity index is 553. The number of hydrogen-bond donors (Lipinski definition) is 0. The molecule has 0 spiro atoms. The van der Waals surface area contributed by atoms with Crippen molar-refractivity contribution in [2.75, 3.05) is 7.05 Å². The fraction of sp³-hybridized carbons (Fsp3) is 0.357. The highest BCUT2D eigenvalue weighted by atomic mass is 32.1. The lowest BCUT2D eigenvalue weighted by atomic mass is 10.2. The molecule has 2 aromatic rings. The van der Waals surface area contributed by atoms with Crippen molar-refractivity contribution >= 4 is 17.2 Å². The van der Waals surface area contributed by atoms with Gasteiger partial charge >= 0.3 is 0 Å². The first-order chi connectivity index (χ1) is 9.13. The van der Waals surface area contributed by atoms with E-state index in [2.05, 4.69) is 16.9 Å². The summed E-state index contributed by atoms with van der Waals surface area (Å²) in [5.74, 6) is 0.0378. The molecule has 4 nitrogen and oxygen atoms in total. The van der Waals surface area contributed by atoms with E-state index in [4.69, 9.17) is 0 Å². The molecule has 1 atom stereocenters. The number of nitrogens with zero attached hydrogens (tertiary/aromatic N) is 3. The summed E-state index contributed by atoms with van der Waals surface area (Å²) < 4.78 is 0. The van der Waals surface area contributed by atoms with E-state index >= 15 is 0 Å². The second-order valence-electron chi connectivity index (χ2n) is 4.35. The van der Waals surface area contributed by atoms with Crippen LogP contribution in [0.1, 0.15) is 40.1 Å². The Hall–Kier alpha value is -1.75. The van der Waals surface area contributed by atoms with E-state index in [1.165, 1.54) is 11.2 Å². The van der Waals surface area contributed by atoms with Crippen molar-refractivity contribution in [3.8, 4) is 0 Å². The highest BCUT2D eigenvalue weighted by molar-refractivity contribution is 7.14. The predicted octanol–water partition coefficient (Wildman–Crippen LogP) is 2.93. The molecule has 19 heavy (non-hydrogen) atoms. The van der Waals surface area contributed by atoms with Gasteiger partial charge in [0.25, 0.3) is 5.91 Å². The van der Waals surface area contributed by atoms with Gasteiger partial charge in [-0.1, -0.05) is 6.92 Å². The van der Waals surface area contributed by atoms with Crippen LogP contribution in [0.2, 0.25) is 0 Å². The van der Waals surface area contributed by atoms with E-state index in [1.807, 2.05) is 25.1 Å². The zero-order chi connectivity index (χ0) is 13.8. The smallest absolute Gasteiger partial charge is 0.264 e. The second-order valence-corrected chi connectivity index (χ2v) is 5.51. The maximum absolute atomic E-state index is 12.4. The van der Waals surface area contributed by atoms with E-state index < -0.39 is 0 Å². The van der Waals surface area contributed by atoms with E-state index in [-0.39, 0.29) is 11.9 Å². The first kappa shape index (κ1) is 13.7. The molecule has 2 aromatic heterocycles. The van der Waals surface area contributed by atoms with Crippen molar-refractivity contribution in [1.82, 2.24) is 14.9 Å². The number of hydrogen-bond acceptors (Lipinski definition) is 4. The van der Waals surface area contributed by atoms with Crippen molar-refractivity contribution in [3.05, 3.63) is 46.2 Å². The minimum atomic E-state index is -0.0670. The molecule has 1 amide bonds. The van der Waals surface area contributed by atoms with Gasteiger partial charge in [-0.3, -0.25) is 4.79 Å². The summed E-state index contributed by atoms with van der Waals surface area (Å²) in [4.78, 5) is 24.2. The Morgan fingerprint density at radius 2 is 2.21 bits per heavy atom. The number of carbonyl (C=O) groups excluding carboxylic acids is 1. The third-order valence-corrected chi connectivity index (χ3v) is 4.37. The van der Waals surface area contributed by atoms with Gasteiger partial charge in [0.05, 0.1) is 16.6 Å². The molecule has 0 radical (unpaired) electrons. The third-order valence-electron chi connectivity index (χ3n) is 3.16. The van der Waals surface area contributed by atoms with Gasteiger partial charge in [-0.25, -0.2) is 9.97 Å². The monoisotopic (exact) mass is 275 g/mol. The van der Waals surface area contributed by atoms with Crippen LogP contribution in [0, 0.1) is 0 Å². The molecule has 0 fully saturated rings. The highest BCUT2D eigenvalue weighted by Gasteiger charge is 2.20. The standard InChI is InChI=1S/C14H17N3OS/c1-4-11-5-6-13(19-11)14(18)17(3)10(2)12-7-8-15-9-16-12/h5-10H,4H2,1-3H3/t10-/m1/s1. The van der Waals surface area contributed by atoms with Crippen molar-refractivity contribution in [3.63, 3.8) is 0 Å². The SMILES string of the molecule is CCc1ccc(C(=O)N(C)[C@H](C)c2ccncn2)s1. The Kier molecular flexibility index (Phi) is 4.27. The van der Waals surface area contributed by atoms with Gasteiger partial charge in [0.2, 0.25) is 0 Å². The fourth-order valence-electron chi connectivity index (χ4n) is 1.78. The molecule has 0 saturated carbocycles. The Morgan fingerprint density at radius 1 is 1.42 bits per heavy atom. The summed E-state index contributed by atoms with van der Waals surface area (Å²) in [6.45, 7) is 4.06. The first-order valence-electron chi connectivity index (χ1n) is 6.25. The molecule has 0 bridgehead atoms. The summed E-state index contributed by atoms with van der Waals surface area (Å²) in [6.07, 6.45) is 4.16. The third kappa shape index (κ3) is 2.98. The van der Waals surface area contributed by atoms with Crippen LogP contribution in [-0.2, 0) is 6.42 Å². The van der Waals surface area contributed by atoms with Crippen molar-refractivity contribution < 1.29 is 4.79 Å². The Morgan fingerprint density at radius 3 is 2.79 bits per heavy atom. The van der Waals surface area contributed by atoms with E-state index in [1.54, 1.807) is 29.5 Å². The van der Waals surface area contributed by atoms with Crippen LogP contribution in [0.3, 0.4) is 0 Å². The van der Waals surface area contributed by atoms with Crippen molar-refractivity contribution in [2.24, 2.45) is 0 Å². The molecule has 0 aliphatic heterocycles. The zero-order valence-electron chi connectivity index (χ0n) is 11.3. The van der Waals surface area contributed by atoms with Gasteiger partial charge < -0.3 is 4.90 Å². The number of carbonyl (C=O) groups is 1. The minimum Gasteiger partial charge on any atom is -0.333 e. The van der Waals surface area contributed by atoms with E-state index in [9.17, 15) is 4.79 Å². The second kappa shape index (κ2) is 5.93. The molecule has 2 heterocycles. The highest BCUT2D eigenvalue weighted by Crippen LogP contribution is 2.23. The molecule has 100 valence electrons. The number of amides is 1. The molecule has 0 saturated heterocycles. The van der Waals surface area contributed by atoms with Crippen LogP contribution < -0.4 is 0 Å². The van der Waals surface area contributed by atoms with Gasteiger partial charge in [0.1, 0.15) is 6.33 Å². The van der Waals surface area contributed by atoms with Gasteiger partial charge in [-0.15, -0.1) is 11.3 Å². The van der Waals surface area contributed by atoms with Gasteiger partial charge in [-0.05, 0) is 31.5 Å². The fourth-order valence-corrected chi connectivity index (χ4v) is 2.71. The molecule has 0 unspecified atom stereocenters. The summed E-state index contributed by atoms with van der Waals surface area (Å²) in [6, 6.07) is 5.68. The lowest BCUT2D eigenvalue weighted by Gasteiger charge is -2.23. The molecule has 2 rings (SSSR count). The summed E-state index contributed by atoms with van der Waals surface area (Å²) in [7, 11) is 1.81. The van der Waals surface area contributed by atoms with Gasteiger partial charge in [0, 0.05) is 18.1 Å². The topological polar surface area (TPSA) is 46.1 Å². The van der Waals surface area contributed by atoms with Crippen molar-refractivity contribution in [2.45, 2.75) is 26.3 Å². The number of thiophene rings is 1. The van der Waals surface area contributed by atoms with Gasteiger partial charge in [0.15, 0.2) is 0 Å². The summed E-state index contributed by atoms with van der Waals surface area (Å²) >= 11 is 1.56. The average molecular weight is 275 g/mol. The molecule has 0 N–H and O–H groups in total. The maximum atomic E-state index is 12.4. The molecule has 5 heteroatoms. The van der Waals surface area contributed by atoms with Crippen LogP contribution in [0.4, 0.5) is 0 Å². The number of rotatable bonds is 4. The lowest BCUT2D eigenvalue weighted by Crippen LogP contribution is -2.29. The molecular formula is C14H17N3OS. The molecule has 0 aliphatic rings. The van der Waals surface area contributed by atoms with E-state index in [0.717, 1.165) is 17.0 Å². The summed E-state index contributed by atoms with van der Waals surface area (Å²) in [5.41, 5.74) is 0.845. The largest absolute Gasteiger partial charge is 0.333 e. The van der Waals surface area contributed by atoms with Crippen molar-refractivity contribution in [1.29, 1.82) is 0 Å². The maximum Gasteiger partial charge on any atom is 0.264 e. The first-order valence-corrected chi connectivity index (χ1v) is 7.07. The Balaban J connectivity index is 2.15. The van der Waals surface area contributed by atoms with Crippen LogP contribution in [0.15, 0.2) is 30.7 Å². The predicted molar refractivity (Wildman–Crippen MR) is 76.2 cm³/mol. The van der Waals surface area contributed by atoms with Crippen LogP contribution in [-0.4, -0.2) is 27.8 Å². The lowest BCUT2D eigenvalue weighted by molar-refractivity contribution is 0.0744. The Labute approximate surface area is 117 Å². The summed E-state index contributed by atoms with van der Waals surface area (Å²) in [5, 5.41) is 0. The van der Waals surface area contributed by atoms with E-state index in [0.29, 0.717) is 0 Å². The number of aryl methyl sites for hydroxylation is 1. The molecular weight excluding hydrogens is 258 g/mol. The average Bonchev–Trinajstić information content (AvgIpc) is 2.94. The van der Waals surface area contributed by atoms with Crippen LogP contribution >= 0.6 is 11.3 Å². The normalized spacial score (nSPS) is 12.2. The van der Waals surface area contributed by atoms with Gasteiger partial charge in [-0.2, -0.15) is 0 Å². The van der Waals surface area contributed by atoms with Crippen LogP contribution in [0.5, 0.6) is 0 Å². The zero-order valence-corrected chi connectivity index (χ0v) is 12.1. The number of aromatic nitrogens is 2. The molecule has 0 aromatic carbocycles. The minimum absolute atomic E-state index is 0.0378. The molecule has 0 aliphatic carbocycles.